The number of carbonyl (C=O) groups is 1. The van der Waals surface area contributed by atoms with Gasteiger partial charge < -0.3 is 24.8 Å². The summed E-state index contributed by atoms with van der Waals surface area (Å²) >= 11 is 0. The van der Waals surface area contributed by atoms with Gasteiger partial charge in [-0.25, -0.2) is 19.3 Å². The molecule has 4 aromatic rings. The number of benzene rings is 2. The zero-order valence-electron chi connectivity index (χ0n) is 20.9. The van der Waals surface area contributed by atoms with Crippen LogP contribution in [0, 0.1) is 5.82 Å². The monoisotopic (exact) mass is 527 g/mol. The van der Waals surface area contributed by atoms with E-state index in [9.17, 15) is 19.4 Å². The highest BCUT2D eigenvalue weighted by Crippen LogP contribution is 2.47. The van der Waals surface area contributed by atoms with Crippen LogP contribution < -0.4 is 5.32 Å². The zero-order chi connectivity index (χ0) is 27.0. The number of imidazole rings is 1. The maximum atomic E-state index is 13.9. The van der Waals surface area contributed by atoms with Crippen LogP contribution in [0.2, 0.25) is 0 Å². The third-order valence-corrected chi connectivity index (χ3v) is 6.74. The van der Waals surface area contributed by atoms with Crippen LogP contribution in [0.1, 0.15) is 31.5 Å². The van der Waals surface area contributed by atoms with E-state index in [1.165, 1.54) is 12.1 Å². The Kier molecular flexibility index (Phi) is 6.41. The van der Waals surface area contributed by atoms with E-state index in [0.29, 0.717) is 47.3 Å². The first-order chi connectivity index (χ1) is 18.9. The molecule has 2 atom stereocenters. The molecular weight excluding hydrogens is 501 g/mol. The standard InChI is InChI=1S/C29H26FN5O4/c30-19-8-6-18(7-9-19)26-25(23-10-14-31-28(33-23)32-20-4-2-1-3-5-20)34-27(29(38)12-13-29)35(26)15-11-22-16-21(36)17-24(37)39-22/h1-11,14-15,21-22,36,38H,12-13,16-17H2,(H,31,32,33)/b15-11+/t21-,22-/m1/s1. The number of aliphatic hydroxyl groups is 2. The summed E-state index contributed by atoms with van der Waals surface area (Å²) in [5.74, 6) is -0.105. The Bertz CT molecular complexity index is 1530. The third-order valence-electron chi connectivity index (χ3n) is 6.74. The molecule has 1 aliphatic heterocycles. The van der Waals surface area contributed by atoms with E-state index in [4.69, 9.17) is 9.72 Å². The van der Waals surface area contributed by atoms with Crippen LogP contribution in [-0.2, 0) is 15.1 Å². The highest BCUT2D eigenvalue weighted by molar-refractivity contribution is 5.80. The first kappa shape index (κ1) is 24.9. The van der Waals surface area contributed by atoms with Crippen LogP contribution in [-0.4, -0.2) is 47.9 Å². The molecule has 0 radical (unpaired) electrons. The van der Waals surface area contributed by atoms with Crippen LogP contribution in [0.4, 0.5) is 16.0 Å². The minimum Gasteiger partial charge on any atom is -0.458 e. The van der Waals surface area contributed by atoms with Gasteiger partial charge in [0.1, 0.15) is 29.0 Å². The summed E-state index contributed by atoms with van der Waals surface area (Å²) in [6.45, 7) is 0. The molecule has 1 saturated carbocycles. The zero-order valence-corrected chi connectivity index (χ0v) is 20.9. The molecule has 10 heteroatoms. The van der Waals surface area contributed by atoms with Crippen molar-refractivity contribution in [3.63, 3.8) is 0 Å². The molecule has 1 aliphatic carbocycles. The van der Waals surface area contributed by atoms with E-state index in [1.807, 2.05) is 30.3 Å². The van der Waals surface area contributed by atoms with Gasteiger partial charge in [0.15, 0.2) is 0 Å². The van der Waals surface area contributed by atoms with Crippen LogP contribution in [0.15, 0.2) is 72.9 Å². The third kappa shape index (κ3) is 5.29. The van der Waals surface area contributed by atoms with Gasteiger partial charge in [0.05, 0.1) is 23.9 Å². The van der Waals surface area contributed by atoms with E-state index in [1.54, 1.807) is 41.2 Å². The van der Waals surface area contributed by atoms with Crippen LogP contribution in [0.25, 0.3) is 28.8 Å². The van der Waals surface area contributed by atoms with Crippen molar-refractivity contribution < 1.29 is 24.1 Å². The molecule has 0 bridgehead atoms. The van der Waals surface area contributed by atoms with Gasteiger partial charge in [-0.2, -0.15) is 0 Å². The van der Waals surface area contributed by atoms with Crippen LogP contribution >= 0.6 is 0 Å². The molecule has 6 rings (SSSR count). The Morgan fingerprint density at radius 3 is 2.56 bits per heavy atom. The molecular formula is C29H26FN5O4. The number of aliphatic hydroxyl groups excluding tert-OH is 1. The highest BCUT2D eigenvalue weighted by atomic mass is 19.1. The normalized spacial score (nSPS) is 20.1. The molecule has 3 N–H and O–H groups in total. The van der Waals surface area contributed by atoms with Crippen molar-refractivity contribution in [2.24, 2.45) is 0 Å². The molecule has 1 saturated heterocycles. The SMILES string of the molecule is O=C1C[C@H](O)C[C@@H](/C=C/n2c(C3(O)CC3)nc(-c3ccnc(Nc4ccccc4)n3)c2-c2ccc(F)cc2)O1. The summed E-state index contributed by atoms with van der Waals surface area (Å²) in [7, 11) is 0. The van der Waals surface area contributed by atoms with Gasteiger partial charge in [0.25, 0.3) is 0 Å². The Balaban J connectivity index is 1.47. The fourth-order valence-electron chi connectivity index (χ4n) is 4.62. The Hall–Kier alpha value is -4.41. The molecule has 39 heavy (non-hydrogen) atoms. The van der Waals surface area contributed by atoms with Crippen molar-refractivity contribution in [2.75, 3.05) is 5.32 Å². The number of cyclic esters (lactones) is 1. The Morgan fingerprint density at radius 1 is 1.08 bits per heavy atom. The maximum absolute atomic E-state index is 13.9. The van der Waals surface area contributed by atoms with Crippen LogP contribution in [0.3, 0.4) is 0 Å². The fourth-order valence-corrected chi connectivity index (χ4v) is 4.62. The Morgan fingerprint density at radius 2 is 1.85 bits per heavy atom. The average molecular weight is 528 g/mol. The number of para-hydroxylation sites is 1. The van der Waals surface area contributed by atoms with Crippen molar-refractivity contribution in [3.05, 3.63) is 84.6 Å². The number of aromatic nitrogens is 4. The minimum atomic E-state index is -1.14. The number of ether oxygens (including phenoxy) is 1. The lowest BCUT2D eigenvalue weighted by molar-refractivity contribution is -0.156. The summed E-state index contributed by atoms with van der Waals surface area (Å²) in [6.07, 6.45) is 4.80. The first-order valence-electron chi connectivity index (χ1n) is 12.7. The number of halogens is 1. The van der Waals surface area contributed by atoms with E-state index >= 15 is 0 Å². The van der Waals surface area contributed by atoms with Crippen molar-refractivity contribution in [2.45, 2.75) is 43.5 Å². The molecule has 3 heterocycles. The summed E-state index contributed by atoms with van der Waals surface area (Å²) < 4.78 is 21.0. The minimum absolute atomic E-state index is 0.0432. The average Bonchev–Trinajstić information content (AvgIpc) is 3.55. The summed E-state index contributed by atoms with van der Waals surface area (Å²) in [6, 6.07) is 17.2. The van der Waals surface area contributed by atoms with Gasteiger partial charge >= 0.3 is 5.97 Å². The van der Waals surface area contributed by atoms with Gasteiger partial charge in [0, 0.05) is 30.1 Å². The van der Waals surface area contributed by atoms with Gasteiger partial charge in [-0.05, 0) is 61.4 Å². The number of rotatable bonds is 7. The van der Waals surface area contributed by atoms with Gasteiger partial charge in [-0.15, -0.1) is 0 Å². The molecule has 2 aliphatic rings. The highest BCUT2D eigenvalue weighted by Gasteiger charge is 2.47. The topological polar surface area (TPSA) is 122 Å². The second-order valence-electron chi connectivity index (χ2n) is 9.76. The number of nitrogens with zero attached hydrogens (tertiary/aromatic N) is 4. The van der Waals surface area contributed by atoms with Gasteiger partial charge in [-0.1, -0.05) is 18.2 Å². The molecule has 2 aromatic heterocycles. The van der Waals surface area contributed by atoms with Crippen LogP contribution in [0.5, 0.6) is 0 Å². The summed E-state index contributed by atoms with van der Waals surface area (Å²) in [5, 5.41) is 24.4. The predicted molar refractivity (Wildman–Crippen MR) is 142 cm³/mol. The smallest absolute Gasteiger partial charge is 0.309 e. The number of esters is 1. The lowest BCUT2D eigenvalue weighted by atomic mass is 10.1. The van der Waals surface area contributed by atoms with Gasteiger partial charge in [-0.3, -0.25) is 4.79 Å². The second kappa shape index (κ2) is 10.0. The molecule has 0 spiro atoms. The lowest BCUT2D eigenvalue weighted by Gasteiger charge is -2.23. The van der Waals surface area contributed by atoms with Crippen molar-refractivity contribution in [3.8, 4) is 22.6 Å². The maximum Gasteiger partial charge on any atom is 0.309 e. The number of carbonyl (C=O) groups excluding carboxylic acids is 1. The molecule has 2 fully saturated rings. The summed E-state index contributed by atoms with van der Waals surface area (Å²) in [5.41, 5.74) is 1.88. The van der Waals surface area contributed by atoms with E-state index in [-0.39, 0.29) is 18.7 Å². The molecule has 2 aromatic carbocycles. The lowest BCUT2D eigenvalue weighted by Crippen LogP contribution is -2.31. The van der Waals surface area contributed by atoms with Crippen molar-refractivity contribution >= 4 is 23.8 Å². The van der Waals surface area contributed by atoms with E-state index < -0.39 is 23.8 Å². The molecule has 0 unspecified atom stereocenters. The predicted octanol–water partition coefficient (Wildman–Crippen LogP) is 4.41. The fraction of sp³-hybridized carbons (Fsp3) is 0.241. The number of hydrogen-bond donors (Lipinski definition) is 3. The second-order valence-corrected chi connectivity index (χ2v) is 9.76. The summed E-state index contributed by atoms with van der Waals surface area (Å²) in [4.78, 5) is 25.7. The van der Waals surface area contributed by atoms with Crippen molar-refractivity contribution in [1.29, 1.82) is 0 Å². The molecule has 0 amide bonds. The van der Waals surface area contributed by atoms with Gasteiger partial charge in [0.2, 0.25) is 5.95 Å². The number of hydrogen-bond acceptors (Lipinski definition) is 8. The molecule has 9 nitrogen and oxygen atoms in total. The van der Waals surface area contributed by atoms with E-state index in [0.717, 1.165) is 5.69 Å². The largest absolute Gasteiger partial charge is 0.458 e. The Labute approximate surface area is 223 Å². The first-order valence-corrected chi connectivity index (χ1v) is 12.7. The van der Waals surface area contributed by atoms with E-state index in [2.05, 4.69) is 15.3 Å². The number of anilines is 2. The molecule has 198 valence electrons. The quantitative estimate of drug-likeness (QED) is 0.302. The number of nitrogens with one attached hydrogen (secondary N) is 1. The van der Waals surface area contributed by atoms with Crippen molar-refractivity contribution in [1.82, 2.24) is 19.5 Å².